The van der Waals surface area contributed by atoms with Gasteiger partial charge >= 0.3 is 29.6 Å². The molecule has 0 spiro atoms. The molecule has 0 atom stereocenters. The minimum atomic E-state index is -1.56. The number of carbonyl (C=O) groups excluding carboxylic acids is 4. The van der Waals surface area contributed by atoms with Gasteiger partial charge in [-0.05, 0) is 23.8 Å². The largest absolute Gasteiger partial charge is 0.493 e. The Hall–Kier alpha value is -4.39. The summed E-state index contributed by atoms with van der Waals surface area (Å²) in [7, 11) is 2.38. The first kappa shape index (κ1) is 28.8. The number of nitro benzene ring substituents is 1. The molecule has 2 aromatic rings. The summed E-state index contributed by atoms with van der Waals surface area (Å²) in [5.74, 6) is -4.27. The van der Waals surface area contributed by atoms with Crippen molar-refractivity contribution < 1.29 is 52.5 Å². The predicted molar refractivity (Wildman–Crippen MR) is 124 cm³/mol. The third-order valence-electron chi connectivity index (χ3n) is 4.40. The molecule has 0 radical (unpaired) electrons. The van der Waals surface area contributed by atoms with Gasteiger partial charge in [0.15, 0.2) is 11.5 Å². The van der Waals surface area contributed by atoms with Crippen LogP contribution < -0.4 is 14.2 Å². The van der Waals surface area contributed by atoms with E-state index in [1.165, 1.54) is 19.2 Å². The first-order valence-electron chi connectivity index (χ1n) is 10.3. The molecule has 0 aliphatic heterocycles. The number of hydrogen-bond acceptors (Lipinski definition) is 12. The fourth-order valence-electron chi connectivity index (χ4n) is 2.99. The fourth-order valence-corrected chi connectivity index (χ4v) is 3.26. The molecule has 13 nitrogen and oxygen atoms in total. The molecule has 0 amide bonds. The highest BCUT2D eigenvalue weighted by molar-refractivity contribution is 6.32. The normalized spacial score (nSPS) is 10.4. The molecule has 0 unspecified atom stereocenters. The van der Waals surface area contributed by atoms with Gasteiger partial charge in [0.25, 0.3) is 6.29 Å². The molecule has 0 saturated carbocycles. The highest BCUT2D eigenvalue weighted by Gasteiger charge is 2.28. The average molecular weight is 540 g/mol. The lowest BCUT2D eigenvalue weighted by atomic mass is 10.1. The van der Waals surface area contributed by atoms with Crippen molar-refractivity contribution in [3.63, 3.8) is 0 Å². The van der Waals surface area contributed by atoms with Crippen LogP contribution in [0, 0.1) is 10.1 Å². The van der Waals surface area contributed by atoms with Crippen LogP contribution in [0.4, 0.5) is 5.69 Å². The average Bonchev–Trinajstić information content (AvgIpc) is 2.79. The number of ether oxygens (including phenoxy) is 6. The molecule has 2 rings (SSSR count). The van der Waals surface area contributed by atoms with E-state index in [4.69, 9.17) is 35.3 Å². The van der Waals surface area contributed by atoms with Crippen LogP contribution in [-0.4, -0.2) is 43.0 Å². The van der Waals surface area contributed by atoms with E-state index in [-0.39, 0.29) is 39.8 Å². The zero-order chi connectivity index (χ0) is 27.9. The van der Waals surface area contributed by atoms with Crippen molar-refractivity contribution in [3.8, 4) is 23.0 Å². The van der Waals surface area contributed by atoms with Crippen LogP contribution in [0.15, 0.2) is 24.3 Å². The molecule has 37 heavy (non-hydrogen) atoms. The summed E-state index contributed by atoms with van der Waals surface area (Å²) in [4.78, 5) is 57.5. The molecule has 0 heterocycles. The van der Waals surface area contributed by atoms with Gasteiger partial charge in [0.1, 0.15) is 0 Å². The molecular weight excluding hydrogens is 518 g/mol. The van der Waals surface area contributed by atoms with Crippen LogP contribution in [0.5, 0.6) is 23.0 Å². The summed E-state index contributed by atoms with van der Waals surface area (Å²) in [6, 6.07) is 4.72. The van der Waals surface area contributed by atoms with Crippen LogP contribution >= 0.6 is 11.6 Å². The highest BCUT2D eigenvalue weighted by atomic mass is 35.5. The lowest BCUT2D eigenvalue weighted by Gasteiger charge is -2.21. The van der Waals surface area contributed by atoms with Crippen molar-refractivity contribution in [1.29, 1.82) is 0 Å². The standard InChI is InChI=1S/C23H22ClNO12/c1-11(26)34-22-18(32-4)9-15(23(35-12(2)27)36-13(3)28)10-19(22)37-21-16(24)6-14(8-20(29)33-5)7-17(21)25(30)31/h6-7,9-10,23H,8H2,1-5H3. The van der Waals surface area contributed by atoms with E-state index in [0.717, 1.165) is 40.0 Å². The zero-order valence-electron chi connectivity index (χ0n) is 20.3. The lowest BCUT2D eigenvalue weighted by Crippen LogP contribution is -2.15. The third-order valence-corrected chi connectivity index (χ3v) is 4.68. The van der Waals surface area contributed by atoms with Crippen LogP contribution in [0.3, 0.4) is 0 Å². The molecular formula is C23H22ClNO12. The second-order valence-corrected chi connectivity index (χ2v) is 7.64. The number of halogens is 1. The van der Waals surface area contributed by atoms with Crippen molar-refractivity contribution in [2.24, 2.45) is 0 Å². The van der Waals surface area contributed by atoms with Gasteiger partial charge in [-0.3, -0.25) is 29.3 Å². The molecule has 0 bridgehead atoms. The van der Waals surface area contributed by atoms with E-state index in [0.29, 0.717) is 0 Å². The molecule has 0 aliphatic carbocycles. The summed E-state index contributed by atoms with van der Waals surface area (Å²) >= 11 is 6.27. The summed E-state index contributed by atoms with van der Waals surface area (Å²) < 4.78 is 30.8. The Morgan fingerprint density at radius 3 is 2.00 bits per heavy atom. The molecule has 0 saturated heterocycles. The maximum Gasteiger partial charge on any atom is 0.313 e. The number of hydrogen-bond donors (Lipinski definition) is 0. The summed E-state index contributed by atoms with van der Waals surface area (Å²) in [5.41, 5.74) is -0.456. The number of nitrogens with zero attached hydrogens (tertiary/aromatic N) is 1. The Morgan fingerprint density at radius 1 is 0.919 bits per heavy atom. The van der Waals surface area contributed by atoms with E-state index < -0.39 is 46.5 Å². The summed E-state index contributed by atoms with van der Waals surface area (Å²) in [6.45, 7) is 3.25. The van der Waals surface area contributed by atoms with Crippen molar-refractivity contribution in [3.05, 3.63) is 50.5 Å². The van der Waals surface area contributed by atoms with Gasteiger partial charge in [0.2, 0.25) is 11.5 Å². The van der Waals surface area contributed by atoms with E-state index in [1.807, 2.05) is 0 Å². The Labute approximate surface area is 215 Å². The van der Waals surface area contributed by atoms with Crippen LogP contribution in [0.1, 0.15) is 38.2 Å². The number of carbonyl (C=O) groups is 4. The Balaban J connectivity index is 2.74. The summed E-state index contributed by atoms with van der Waals surface area (Å²) in [5, 5.41) is 11.5. The first-order valence-corrected chi connectivity index (χ1v) is 10.7. The van der Waals surface area contributed by atoms with Gasteiger partial charge in [-0.2, -0.15) is 0 Å². The van der Waals surface area contributed by atoms with E-state index in [9.17, 15) is 29.3 Å². The second-order valence-electron chi connectivity index (χ2n) is 7.23. The van der Waals surface area contributed by atoms with Crippen LogP contribution in [-0.2, 0) is 39.8 Å². The van der Waals surface area contributed by atoms with Crippen molar-refractivity contribution >= 4 is 41.2 Å². The Bertz CT molecular complexity index is 1230. The molecule has 198 valence electrons. The number of esters is 4. The monoisotopic (exact) mass is 539 g/mol. The quantitative estimate of drug-likeness (QED) is 0.141. The highest BCUT2D eigenvalue weighted by Crippen LogP contribution is 2.47. The molecule has 14 heteroatoms. The van der Waals surface area contributed by atoms with Gasteiger partial charge in [-0.15, -0.1) is 0 Å². The van der Waals surface area contributed by atoms with Crippen LogP contribution in [0.2, 0.25) is 5.02 Å². The molecule has 0 fully saturated rings. The zero-order valence-corrected chi connectivity index (χ0v) is 21.1. The van der Waals surface area contributed by atoms with Crippen molar-refractivity contribution in [2.45, 2.75) is 33.5 Å². The number of methoxy groups -OCH3 is 2. The topological polar surface area (TPSA) is 167 Å². The smallest absolute Gasteiger partial charge is 0.313 e. The first-order chi connectivity index (χ1) is 17.4. The Kier molecular flexibility index (Phi) is 9.77. The number of benzene rings is 2. The lowest BCUT2D eigenvalue weighted by molar-refractivity contribution is -0.385. The van der Waals surface area contributed by atoms with E-state index in [2.05, 4.69) is 4.74 Å². The van der Waals surface area contributed by atoms with Crippen molar-refractivity contribution in [1.82, 2.24) is 0 Å². The number of nitro groups is 1. The van der Waals surface area contributed by atoms with Gasteiger partial charge in [0.05, 0.1) is 30.6 Å². The van der Waals surface area contributed by atoms with Gasteiger partial charge in [-0.1, -0.05) is 11.6 Å². The van der Waals surface area contributed by atoms with Gasteiger partial charge < -0.3 is 28.4 Å². The summed E-state index contributed by atoms with van der Waals surface area (Å²) in [6.07, 6.45) is -1.86. The molecule has 0 aliphatic rings. The minimum absolute atomic E-state index is 0.00533. The molecule has 2 aromatic carbocycles. The molecule has 0 aromatic heterocycles. The van der Waals surface area contributed by atoms with Crippen molar-refractivity contribution in [2.75, 3.05) is 14.2 Å². The van der Waals surface area contributed by atoms with Crippen LogP contribution in [0.25, 0.3) is 0 Å². The maximum atomic E-state index is 11.8. The fraction of sp³-hybridized carbons (Fsp3) is 0.304. The second kappa shape index (κ2) is 12.5. The van der Waals surface area contributed by atoms with E-state index in [1.54, 1.807) is 0 Å². The minimum Gasteiger partial charge on any atom is -0.493 e. The SMILES string of the molecule is COC(=O)Cc1cc(Cl)c(Oc2cc(C(OC(C)=O)OC(C)=O)cc(OC)c2OC(C)=O)c([N+](=O)[O-])c1. The third kappa shape index (κ3) is 7.80. The Morgan fingerprint density at radius 2 is 1.51 bits per heavy atom. The van der Waals surface area contributed by atoms with Gasteiger partial charge in [-0.25, -0.2) is 0 Å². The number of rotatable bonds is 10. The molecule has 0 N–H and O–H groups in total. The van der Waals surface area contributed by atoms with E-state index >= 15 is 0 Å². The van der Waals surface area contributed by atoms with Gasteiger partial charge in [0, 0.05) is 32.4 Å². The predicted octanol–water partition coefficient (Wildman–Crippen LogP) is 3.81. The maximum absolute atomic E-state index is 11.8.